The van der Waals surface area contributed by atoms with Crippen LogP contribution in [0, 0.1) is 0 Å². The second-order valence-electron chi connectivity index (χ2n) is 4.73. The van der Waals surface area contributed by atoms with Crippen LogP contribution in [0.3, 0.4) is 0 Å². The molecule has 0 unspecified atom stereocenters. The van der Waals surface area contributed by atoms with Crippen LogP contribution in [0.1, 0.15) is 25.6 Å². The minimum Gasteiger partial charge on any atom is -0.494 e. The van der Waals surface area contributed by atoms with Gasteiger partial charge < -0.3 is 19.5 Å². The Labute approximate surface area is 123 Å². The normalized spacial score (nSPS) is 11.0. The van der Waals surface area contributed by atoms with Crippen molar-refractivity contribution in [1.29, 1.82) is 0 Å². The van der Waals surface area contributed by atoms with E-state index in [0.29, 0.717) is 26.0 Å². The first-order valence-corrected chi connectivity index (χ1v) is 7.10. The lowest BCUT2D eigenvalue weighted by molar-refractivity contribution is -0.137. The number of aliphatic hydroxyl groups is 1. The van der Waals surface area contributed by atoms with Crippen LogP contribution in [-0.4, -0.2) is 38.9 Å². The van der Waals surface area contributed by atoms with Crippen LogP contribution in [0.15, 0.2) is 18.2 Å². The molecule has 21 heavy (non-hydrogen) atoms. The molecule has 0 amide bonds. The number of hydrogen-bond acceptors (Lipinski definition) is 4. The van der Waals surface area contributed by atoms with Gasteiger partial charge in [0, 0.05) is 25.5 Å². The lowest BCUT2D eigenvalue weighted by Gasteiger charge is -2.07. The molecule has 0 radical (unpaired) electrons. The van der Waals surface area contributed by atoms with E-state index in [0.717, 1.165) is 22.6 Å². The molecule has 6 heteroatoms. The quantitative estimate of drug-likeness (QED) is 0.775. The van der Waals surface area contributed by atoms with Gasteiger partial charge in [-0.25, -0.2) is 4.98 Å². The fourth-order valence-electron chi connectivity index (χ4n) is 2.35. The van der Waals surface area contributed by atoms with Gasteiger partial charge in [-0.05, 0) is 25.5 Å². The smallest absolute Gasteiger partial charge is 0.303 e. The topological polar surface area (TPSA) is 84.6 Å². The third kappa shape index (κ3) is 3.72. The van der Waals surface area contributed by atoms with Crippen LogP contribution < -0.4 is 4.74 Å². The first-order valence-electron chi connectivity index (χ1n) is 7.10. The zero-order chi connectivity index (χ0) is 15.2. The van der Waals surface area contributed by atoms with Gasteiger partial charge in [0.1, 0.15) is 11.6 Å². The van der Waals surface area contributed by atoms with Gasteiger partial charge in [-0.15, -0.1) is 0 Å². The van der Waals surface area contributed by atoms with E-state index in [1.54, 1.807) is 0 Å². The molecule has 1 aromatic heterocycles. The summed E-state index contributed by atoms with van der Waals surface area (Å²) in [6.45, 7) is 2.98. The van der Waals surface area contributed by atoms with E-state index in [1.807, 2.05) is 29.7 Å². The maximum Gasteiger partial charge on any atom is 0.303 e. The van der Waals surface area contributed by atoms with Crippen molar-refractivity contribution >= 4 is 17.0 Å². The summed E-state index contributed by atoms with van der Waals surface area (Å²) in [5.74, 6) is 0.753. The molecule has 0 bridgehead atoms. The number of aryl methyl sites for hydroxylation is 1. The SMILES string of the molecule is CCOc1ccc2c(c1)nc(CCCC(=O)O)n2CCO. The molecular weight excluding hydrogens is 272 g/mol. The molecule has 114 valence electrons. The maximum atomic E-state index is 10.6. The number of carboxylic acids is 1. The second kappa shape index (κ2) is 7.08. The lowest BCUT2D eigenvalue weighted by atomic mass is 10.2. The Morgan fingerprint density at radius 1 is 1.43 bits per heavy atom. The van der Waals surface area contributed by atoms with Gasteiger partial charge in [0.15, 0.2) is 0 Å². The molecule has 0 aliphatic rings. The van der Waals surface area contributed by atoms with Crippen LogP contribution >= 0.6 is 0 Å². The largest absolute Gasteiger partial charge is 0.494 e. The Bertz CT molecular complexity index is 621. The van der Waals surface area contributed by atoms with Crippen molar-refractivity contribution in [2.24, 2.45) is 0 Å². The van der Waals surface area contributed by atoms with Gasteiger partial charge in [-0.3, -0.25) is 4.79 Å². The zero-order valence-corrected chi connectivity index (χ0v) is 12.1. The summed E-state index contributed by atoms with van der Waals surface area (Å²) in [6.07, 6.45) is 1.22. The van der Waals surface area contributed by atoms with Crippen LogP contribution in [0.2, 0.25) is 0 Å². The highest BCUT2D eigenvalue weighted by atomic mass is 16.5. The molecule has 6 nitrogen and oxygen atoms in total. The summed E-state index contributed by atoms with van der Waals surface area (Å²) in [7, 11) is 0. The first kappa shape index (κ1) is 15.3. The number of ether oxygens (including phenoxy) is 1. The first-order chi connectivity index (χ1) is 10.2. The number of hydrogen-bond donors (Lipinski definition) is 2. The maximum absolute atomic E-state index is 10.6. The van der Waals surface area contributed by atoms with Gasteiger partial charge in [-0.1, -0.05) is 0 Å². The molecule has 0 saturated carbocycles. The number of carboxylic acid groups (broad SMARTS) is 1. The van der Waals surface area contributed by atoms with Crippen molar-refractivity contribution in [3.8, 4) is 5.75 Å². The Morgan fingerprint density at radius 3 is 2.90 bits per heavy atom. The highest BCUT2D eigenvalue weighted by molar-refractivity contribution is 5.78. The third-order valence-corrected chi connectivity index (χ3v) is 3.22. The minimum absolute atomic E-state index is 0.0185. The minimum atomic E-state index is -0.807. The average Bonchev–Trinajstić information content (AvgIpc) is 2.77. The Morgan fingerprint density at radius 2 is 2.24 bits per heavy atom. The standard InChI is InChI=1S/C15H20N2O4/c1-2-21-11-6-7-13-12(10-11)16-14(17(13)8-9-18)4-3-5-15(19)20/h6-7,10,18H,2-5,8-9H2,1H3,(H,19,20). The predicted molar refractivity (Wildman–Crippen MR) is 78.6 cm³/mol. The number of carbonyl (C=O) groups is 1. The molecule has 0 fully saturated rings. The molecule has 1 heterocycles. The van der Waals surface area contributed by atoms with Crippen molar-refractivity contribution in [3.63, 3.8) is 0 Å². The fourth-order valence-corrected chi connectivity index (χ4v) is 2.35. The molecule has 1 aromatic carbocycles. The third-order valence-electron chi connectivity index (χ3n) is 3.22. The summed E-state index contributed by atoms with van der Waals surface area (Å²) in [5, 5.41) is 17.9. The van der Waals surface area contributed by atoms with E-state index in [4.69, 9.17) is 9.84 Å². The van der Waals surface area contributed by atoms with Crippen molar-refractivity contribution in [2.45, 2.75) is 32.7 Å². The van der Waals surface area contributed by atoms with Crippen molar-refractivity contribution < 1.29 is 19.7 Å². The fraction of sp³-hybridized carbons (Fsp3) is 0.467. The predicted octanol–water partition coefficient (Wildman–Crippen LogP) is 1.83. The highest BCUT2D eigenvalue weighted by Crippen LogP contribution is 2.23. The Balaban J connectivity index is 2.29. The van der Waals surface area contributed by atoms with E-state index in [9.17, 15) is 9.90 Å². The number of aromatic nitrogens is 2. The van der Waals surface area contributed by atoms with Crippen LogP contribution in [0.4, 0.5) is 0 Å². The van der Waals surface area contributed by atoms with E-state index in [1.165, 1.54) is 0 Å². The lowest BCUT2D eigenvalue weighted by Crippen LogP contribution is -2.08. The molecule has 2 N–H and O–H groups in total. The molecule has 0 atom stereocenters. The summed E-state index contributed by atoms with van der Waals surface area (Å²) in [6, 6.07) is 5.67. The molecule has 0 saturated heterocycles. The monoisotopic (exact) mass is 292 g/mol. The van der Waals surface area contributed by atoms with Crippen molar-refractivity contribution in [2.75, 3.05) is 13.2 Å². The summed E-state index contributed by atoms with van der Waals surface area (Å²) in [4.78, 5) is 15.2. The van der Waals surface area contributed by atoms with Crippen LogP contribution in [0.25, 0.3) is 11.0 Å². The summed E-state index contributed by atoms with van der Waals surface area (Å²) in [5.41, 5.74) is 1.73. The van der Waals surface area contributed by atoms with Gasteiger partial charge >= 0.3 is 5.97 Å². The molecule has 2 aromatic rings. The van der Waals surface area contributed by atoms with E-state index >= 15 is 0 Å². The van der Waals surface area contributed by atoms with Gasteiger partial charge in [0.05, 0.1) is 24.2 Å². The van der Waals surface area contributed by atoms with Gasteiger partial charge in [0.25, 0.3) is 0 Å². The number of fused-ring (bicyclic) bond motifs is 1. The Kier molecular flexibility index (Phi) is 5.16. The summed E-state index contributed by atoms with van der Waals surface area (Å²) >= 11 is 0. The molecule has 0 aliphatic carbocycles. The van der Waals surface area contributed by atoms with Gasteiger partial charge in [-0.2, -0.15) is 0 Å². The van der Waals surface area contributed by atoms with Crippen LogP contribution in [-0.2, 0) is 17.8 Å². The molecule has 2 rings (SSSR count). The number of aliphatic carboxylic acids is 1. The Hall–Kier alpha value is -2.08. The zero-order valence-electron chi connectivity index (χ0n) is 12.1. The number of rotatable bonds is 8. The number of aliphatic hydroxyl groups excluding tert-OH is 1. The number of imidazole rings is 1. The summed E-state index contributed by atoms with van der Waals surface area (Å²) < 4.78 is 7.40. The average molecular weight is 292 g/mol. The second-order valence-corrected chi connectivity index (χ2v) is 4.73. The molecular formula is C15H20N2O4. The highest BCUT2D eigenvalue weighted by Gasteiger charge is 2.11. The number of nitrogens with zero attached hydrogens (tertiary/aromatic N) is 2. The van der Waals surface area contributed by atoms with E-state index in [2.05, 4.69) is 4.98 Å². The van der Waals surface area contributed by atoms with Crippen LogP contribution in [0.5, 0.6) is 5.75 Å². The van der Waals surface area contributed by atoms with E-state index in [-0.39, 0.29) is 13.0 Å². The van der Waals surface area contributed by atoms with Gasteiger partial charge in [0.2, 0.25) is 0 Å². The number of benzene rings is 1. The van der Waals surface area contributed by atoms with Crippen molar-refractivity contribution in [1.82, 2.24) is 9.55 Å². The van der Waals surface area contributed by atoms with Crippen molar-refractivity contribution in [3.05, 3.63) is 24.0 Å². The molecule has 0 spiro atoms. The van der Waals surface area contributed by atoms with E-state index < -0.39 is 5.97 Å². The molecule has 0 aliphatic heterocycles.